The molecule has 5 N–H and O–H groups in total. The Balaban J connectivity index is 1.80. The molecular formula is C27H46N7O11PS2. The number of carbonyl (C=O) groups is 2. The number of aliphatic hydroxyl groups is 2. The zero-order valence-electron chi connectivity index (χ0n) is 28.5. The lowest BCUT2D eigenvalue weighted by molar-refractivity contribution is -0.126. The highest BCUT2D eigenvalue weighted by Gasteiger charge is 2.54. The van der Waals surface area contributed by atoms with Crippen molar-refractivity contribution in [3.05, 3.63) is 6.33 Å². The predicted octanol–water partition coefficient (Wildman–Crippen LogP) is 1.79. The van der Waals surface area contributed by atoms with E-state index in [4.69, 9.17) is 24.0 Å². The molecule has 0 aromatic carbocycles. The number of ether oxygens (including phenoxy) is 1. The summed E-state index contributed by atoms with van der Waals surface area (Å²) in [6.07, 6.45) is -2.12. The van der Waals surface area contributed by atoms with Crippen LogP contribution in [0.3, 0.4) is 0 Å². The number of nitrogen functional groups attached to an aromatic ring is 1. The first-order valence-corrected chi connectivity index (χ1v) is 19.2. The number of phosphoric acid groups is 1. The molecule has 1 fully saturated rings. The van der Waals surface area contributed by atoms with Gasteiger partial charge in [-0.05, 0) is 6.92 Å². The molecule has 1 aliphatic heterocycles. The summed E-state index contributed by atoms with van der Waals surface area (Å²) in [6.45, 7) is 10.7. The van der Waals surface area contributed by atoms with Gasteiger partial charge >= 0.3 is 7.82 Å². The molecule has 2 aromatic heterocycles. The zero-order valence-corrected chi connectivity index (χ0v) is 31.0. The largest absolute Gasteiger partial charge is 0.474 e. The lowest BCUT2D eigenvalue weighted by atomic mass is 9.89. The van der Waals surface area contributed by atoms with Gasteiger partial charge in [-0.3, -0.25) is 32.7 Å². The van der Waals surface area contributed by atoms with Crippen LogP contribution in [0.1, 0.15) is 61.1 Å². The first-order valence-electron chi connectivity index (χ1n) is 14.9. The normalized spacial score (nSPS) is 23.4. The topological polar surface area (TPSA) is 248 Å². The minimum atomic E-state index is -4.38. The van der Waals surface area contributed by atoms with Crippen LogP contribution in [0, 0.1) is 10.8 Å². The molecule has 1 unspecified atom stereocenters. The zero-order chi connectivity index (χ0) is 36.5. The fraction of sp³-hybridized carbons (Fsp3) is 0.741. The van der Waals surface area contributed by atoms with E-state index in [1.54, 1.807) is 41.5 Å². The summed E-state index contributed by atoms with van der Waals surface area (Å²) in [4.78, 5) is 39.4. The van der Waals surface area contributed by atoms with Crippen molar-refractivity contribution in [2.75, 3.05) is 49.6 Å². The number of aliphatic hydroxyl groups excluding tert-OH is 1. The molecule has 48 heavy (non-hydrogen) atoms. The summed E-state index contributed by atoms with van der Waals surface area (Å²) >= 11 is 0.993. The van der Waals surface area contributed by atoms with Gasteiger partial charge < -0.3 is 20.7 Å². The van der Waals surface area contributed by atoms with Crippen molar-refractivity contribution in [3.63, 3.8) is 0 Å². The van der Waals surface area contributed by atoms with Gasteiger partial charge in [-0.1, -0.05) is 53.3 Å². The van der Waals surface area contributed by atoms with Crippen molar-refractivity contribution in [1.29, 1.82) is 0 Å². The molecule has 5 atom stereocenters. The lowest BCUT2D eigenvalue weighted by Crippen LogP contribution is -2.44. The van der Waals surface area contributed by atoms with E-state index in [-0.39, 0.29) is 59.2 Å². The van der Waals surface area contributed by atoms with Crippen molar-refractivity contribution >= 4 is 63.4 Å². The number of hydrogen-bond donors (Lipinski definition) is 4. The van der Waals surface area contributed by atoms with Crippen LogP contribution in [0.25, 0.3) is 11.2 Å². The number of ketones is 1. The van der Waals surface area contributed by atoms with E-state index in [0.717, 1.165) is 23.0 Å². The summed E-state index contributed by atoms with van der Waals surface area (Å²) in [5.74, 6) is -0.251. The van der Waals surface area contributed by atoms with E-state index in [1.807, 2.05) is 0 Å². The number of anilines is 2. The fourth-order valence-corrected chi connectivity index (χ4v) is 7.07. The van der Waals surface area contributed by atoms with Crippen LogP contribution in [0.4, 0.5) is 11.8 Å². The van der Waals surface area contributed by atoms with Crippen LogP contribution in [-0.2, 0) is 42.5 Å². The van der Waals surface area contributed by atoms with E-state index in [2.05, 4.69) is 19.8 Å². The summed E-state index contributed by atoms with van der Waals surface area (Å²) in [5.41, 5.74) is 2.79. The quantitative estimate of drug-likeness (QED) is 0.115. The number of rotatable bonds is 15. The highest BCUT2D eigenvalue weighted by molar-refractivity contribution is 8.13. The Hall–Kier alpha value is -2.26. The number of hydrogen-bond acceptors (Lipinski definition) is 17. The van der Waals surface area contributed by atoms with Gasteiger partial charge in [0.25, 0.3) is 0 Å². The van der Waals surface area contributed by atoms with Crippen molar-refractivity contribution in [3.8, 4) is 0 Å². The van der Waals surface area contributed by atoms with Crippen LogP contribution in [-0.4, -0.2) is 106 Å². The number of nitrogens with one attached hydrogen (secondary N) is 1. The number of fused-ring (bicyclic) bond motifs is 1. The van der Waals surface area contributed by atoms with E-state index < -0.39 is 59.3 Å². The Kier molecular flexibility index (Phi) is 12.5. The van der Waals surface area contributed by atoms with E-state index >= 15 is 0 Å². The van der Waals surface area contributed by atoms with Gasteiger partial charge in [-0.2, -0.15) is 9.97 Å². The van der Waals surface area contributed by atoms with Crippen LogP contribution in [0.5, 0.6) is 0 Å². The van der Waals surface area contributed by atoms with E-state index in [9.17, 15) is 32.8 Å². The lowest BCUT2D eigenvalue weighted by Gasteiger charge is -2.27. The number of nitrogens with zero attached hydrogens (tertiary/aromatic N) is 5. The van der Waals surface area contributed by atoms with Gasteiger partial charge in [0, 0.05) is 30.1 Å². The molecule has 0 spiro atoms. The van der Waals surface area contributed by atoms with Gasteiger partial charge in [0.05, 0.1) is 32.4 Å². The third-order valence-electron chi connectivity index (χ3n) is 7.04. The monoisotopic (exact) mass is 739 g/mol. The average molecular weight is 740 g/mol. The molecule has 2 aromatic rings. The fourth-order valence-electron chi connectivity index (χ4n) is 4.39. The molecule has 0 saturated carbocycles. The molecule has 3 rings (SSSR count). The van der Waals surface area contributed by atoms with Crippen molar-refractivity contribution in [1.82, 2.24) is 24.4 Å². The molecule has 1 saturated heterocycles. The van der Waals surface area contributed by atoms with Crippen LogP contribution in [0.15, 0.2) is 6.33 Å². The number of imidazole rings is 1. The Morgan fingerprint density at radius 1 is 1.17 bits per heavy atom. The molecule has 0 amide bonds. The Bertz CT molecular complexity index is 1640. The molecule has 3 heterocycles. The second-order valence-electron chi connectivity index (χ2n) is 13.6. The minimum absolute atomic E-state index is 0.00212. The standard InChI is InChI=1S/C27H46N7O11PS2/c1-25(2,3)17(35)10-11-42-46(39,43-12-13-47-23(37)26(4,5)6)44-14-16-19(36)27(7,38)22(45-16)34-15-29-18-20(30-24(28)31-21(18)34)33(8)32-48(9,40)41/h15-16,19,22,32,36,38H,10-14H2,1-9H3,(H2,28,30,31)/t16-,19-,22-,27-,46?/m1/s1. The maximum atomic E-state index is 13.7. The van der Waals surface area contributed by atoms with Gasteiger partial charge in [0.1, 0.15) is 23.6 Å². The number of phosphoric ester groups is 1. The maximum absolute atomic E-state index is 13.7. The molecule has 0 radical (unpaired) electrons. The molecule has 1 aliphatic rings. The number of aromatic nitrogens is 4. The Labute approximate surface area is 284 Å². The highest BCUT2D eigenvalue weighted by atomic mass is 32.2. The van der Waals surface area contributed by atoms with E-state index in [0.29, 0.717) is 0 Å². The van der Waals surface area contributed by atoms with Crippen molar-refractivity contribution < 1.29 is 51.1 Å². The minimum Gasteiger partial charge on any atom is -0.387 e. The number of Topliss-reactive ketones (excluding diaryl/α,β-unsaturated/α-hetero) is 1. The summed E-state index contributed by atoms with van der Waals surface area (Å²) in [6, 6.07) is 0. The highest BCUT2D eigenvalue weighted by Crippen LogP contribution is 2.51. The van der Waals surface area contributed by atoms with Crippen LogP contribution >= 0.6 is 19.6 Å². The average Bonchev–Trinajstić information content (AvgIpc) is 3.44. The SMILES string of the molecule is CN(NS(C)(=O)=O)c1nc(N)nc2c1ncn2[C@@H]1O[C@H](COP(=O)(OCCSC(=O)C(C)(C)C)OCCC(=O)C(C)(C)C)[C@@H](O)[C@@]1(C)O. The maximum Gasteiger partial charge on any atom is 0.474 e. The molecular weight excluding hydrogens is 693 g/mol. The van der Waals surface area contributed by atoms with Gasteiger partial charge in [-0.25, -0.2) is 18.0 Å². The second-order valence-corrected chi connectivity index (χ2v) is 18.0. The number of nitrogens with two attached hydrogens (primary N) is 1. The van der Waals surface area contributed by atoms with Crippen molar-refractivity contribution in [2.45, 2.75) is 78.9 Å². The van der Waals surface area contributed by atoms with Gasteiger partial charge in [0.2, 0.25) is 16.0 Å². The second kappa shape index (κ2) is 14.9. The van der Waals surface area contributed by atoms with Crippen LogP contribution in [0.2, 0.25) is 0 Å². The third-order valence-corrected chi connectivity index (χ3v) is 10.4. The summed E-state index contributed by atoms with van der Waals surface area (Å²) in [5, 5.41) is 23.4. The molecule has 18 nitrogen and oxygen atoms in total. The predicted molar refractivity (Wildman–Crippen MR) is 178 cm³/mol. The number of carbonyl (C=O) groups excluding carboxylic acids is 2. The third kappa shape index (κ3) is 10.1. The Morgan fingerprint density at radius 2 is 1.79 bits per heavy atom. The van der Waals surface area contributed by atoms with Gasteiger partial charge in [0.15, 0.2) is 28.3 Å². The first-order chi connectivity index (χ1) is 21.9. The number of sulfonamides is 1. The van der Waals surface area contributed by atoms with Gasteiger partial charge in [-0.15, -0.1) is 4.83 Å². The number of hydrazine groups is 1. The molecule has 0 aliphatic carbocycles. The smallest absolute Gasteiger partial charge is 0.387 e. The Morgan fingerprint density at radius 3 is 2.38 bits per heavy atom. The molecule has 21 heteroatoms. The molecule has 272 valence electrons. The summed E-state index contributed by atoms with van der Waals surface area (Å²) < 4.78 is 61.0. The molecule has 0 bridgehead atoms. The number of thioether (sulfide) groups is 1. The summed E-state index contributed by atoms with van der Waals surface area (Å²) in [7, 11) is -6.69. The first kappa shape index (κ1) is 40.2. The van der Waals surface area contributed by atoms with E-state index in [1.165, 1.54) is 24.9 Å². The van der Waals surface area contributed by atoms with Crippen LogP contribution < -0.4 is 15.6 Å². The van der Waals surface area contributed by atoms with Crippen molar-refractivity contribution in [2.24, 2.45) is 10.8 Å².